The molecule has 2 aromatic carbocycles. The van der Waals surface area contributed by atoms with Gasteiger partial charge in [-0.3, -0.25) is 0 Å². The van der Waals surface area contributed by atoms with Gasteiger partial charge in [-0.25, -0.2) is 0 Å². The van der Waals surface area contributed by atoms with Gasteiger partial charge in [0.1, 0.15) is 0 Å². The van der Waals surface area contributed by atoms with Gasteiger partial charge in [-0.15, -0.1) is 0 Å². The lowest BCUT2D eigenvalue weighted by atomic mass is 9.96. The third-order valence-electron chi connectivity index (χ3n) is 3.29. The number of aliphatic hydroxyl groups is 1. The summed E-state index contributed by atoms with van der Waals surface area (Å²) < 4.78 is 0. The second-order valence-electron chi connectivity index (χ2n) is 4.99. The van der Waals surface area contributed by atoms with Crippen LogP contribution in [0.2, 0.25) is 0 Å². The van der Waals surface area contributed by atoms with Crippen LogP contribution in [0.5, 0.6) is 0 Å². The molecule has 19 heavy (non-hydrogen) atoms. The average Bonchev–Trinajstić information content (AvgIpc) is 2.47. The Labute approximate surface area is 115 Å². The van der Waals surface area contributed by atoms with E-state index in [1.54, 1.807) is 0 Å². The Hall–Kier alpha value is -2.02. The van der Waals surface area contributed by atoms with Crippen LogP contribution in [-0.4, -0.2) is 5.11 Å². The van der Waals surface area contributed by atoms with Crippen LogP contribution < -0.4 is 0 Å². The smallest absolute Gasteiger partial charge is 0.0751 e. The number of hydrogen-bond acceptors (Lipinski definition) is 1. The highest BCUT2D eigenvalue weighted by molar-refractivity contribution is 5.63. The molecule has 0 fully saturated rings. The van der Waals surface area contributed by atoms with Crippen LogP contribution in [0.1, 0.15) is 18.9 Å². The van der Waals surface area contributed by atoms with E-state index in [-0.39, 0.29) is 0 Å². The zero-order valence-corrected chi connectivity index (χ0v) is 11.3. The van der Waals surface area contributed by atoms with E-state index in [1.807, 2.05) is 12.1 Å². The molecule has 1 atom stereocenters. The van der Waals surface area contributed by atoms with Crippen molar-refractivity contribution in [2.24, 2.45) is 5.92 Å². The first kappa shape index (κ1) is 13.4. The average molecular weight is 252 g/mol. The van der Waals surface area contributed by atoms with E-state index in [2.05, 4.69) is 55.5 Å². The van der Waals surface area contributed by atoms with E-state index in [0.717, 1.165) is 19.1 Å². The highest BCUT2D eigenvalue weighted by atomic mass is 16.2. The van der Waals surface area contributed by atoms with Gasteiger partial charge in [0.2, 0.25) is 0 Å². The first-order chi connectivity index (χ1) is 9.29. The van der Waals surface area contributed by atoms with Crippen LogP contribution in [-0.2, 0) is 6.42 Å². The molecule has 0 spiro atoms. The summed E-state index contributed by atoms with van der Waals surface area (Å²) >= 11 is 0. The SMILES string of the molecule is CC(CC=CO)Cc1ccc(-c2ccccc2)cc1. The van der Waals surface area contributed by atoms with E-state index in [9.17, 15) is 0 Å². The van der Waals surface area contributed by atoms with Crippen molar-refractivity contribution >= 4 is 0 Å². The molecule has 0 heterocycles. The predicted molar refractivity (Wildman–Crippen MR) is 81.1 cm³/mol. The van der Waals surface area contributed by atoms with Crippen molar-refractivity contribution < 1.29 is 5.11 Å². The molecule has 0 aromatic heterocycles. The Balaban J connectivity index is 2.03. The van der Waals surface area contributed by atoms with Crippen LogP contribution in [0, 0.1) is 5.92 Å². The number of allylic oxidation sites excluding steroid dienone is 1. The van der Waals surface area contributed by atoms with Crippen LogP contribution in [0.3, 0.4) is 0 Å². The van der Waals surface area contributed by atoms with Gasteiger partial charge in [0.05, 0.1) is 6.26 Å². The number of rotatable bonds is 5. The third kappa shape index (κ3) is 3.99. The maximum atomic E-state index is 8.66. The van der Waals surface area contributed by atoms with Gasteiger partial charge in [-0.1, -0.05) is 61.5 Å². The fraction of sp³-hybridized carbons (Fsp3) is 0.222. The van der Waals surface area contributed by atoms with E-state index < -0.39 is 0 Å². The van der Waals surface area contributed by atoms with Crippen molar-refractivity contribution in [1.82, 2.24) is 0 Å². The second-order valence-corrected chi connectivity index (χ2v) is 4.99. The molecule has 2 rings (SSSR count). The number of hydrogen-bond donors (Lipinski definition) is 1. The minimum Gasteiger partial charge on any atom is -0.516 e. The molecule has 0 saturated carbocycles. The zero-order chi connectivity index (χ0) is 13.5. The summed E-state index contributed by atoms with van der Waals surface area (Å²) in [5, 5.41) is 8.66. The molecule has 1 heteroatoms. The third-order valence-corrected chi connectivity index (χ3v) is 3.29. The van der Waals surface area contributed by atoms with Crippen molar-refractivity contribution in [2.75, 3.05) is 0 Å². The molecule has 0 saturated heterocycles. The first-order valence-electron chi connectivity index (χ1n) is 6.73. The fourth-order valence-corrected chi connectivity index (χ4v) is 2.24. The quantitative estimate of drug-likeness (QED) is 0.743. The van der Waals surface area contributed by atoms with Gasteiger partial charge in [-0.2, -0.15) is 0 Å². The van der Waals surface area contributed by atoms with Crippen LogP contribution >= 0.6 is 0 Å². The van der Waals surface area contributed by atoms with E-state index in [1.165, 1.54) is 16.7 Å². The number of aliphatic hydroxyl groups excluding tert-OH is 1. The van der Waals surface area contributed by atoms with E-state index in [0.29, 0.717) is 5.92 Å². The van der Waals surface area contributed by atoms with Crippen molar-refractivity contribution in [1.29, 1.82) is 0 Å². The minimum absolute atomic E-state index is 0.547. The van der Waals surface area contributed by atoms with E-state index in [4.69, 9.17) is 5.11 Å². The van der Waals surface area contributed by atoms with Gasteiger partial charge in [0.25, 0.3) is 0 Å². The fourth-order valence-electron chi connectivity index (χ4n) is 2.24. The molecule has 1 unspecified atom stereocenters. The van der Waals surface area contributed by atoms with Crippen LogP contribution in [0.15, 0.2) is 66.9 Å². The second kappa shape index (κ2) is 6.79. The molecule has 0 aliphatic heterocycles. The lowest BCUT2D eigenvalue weighted by Gasteiger charge is -2.09. The summed E-state index contributed by atoms with van der Waals surface area (Å²) in [6.07, 6.45) is 4.90. The summed E-state index contributed by atoms with van der Waals surface area (Å²) in [4.78, 5) is 0. The summed E-state index contributed by atoms with van der Waals surface area (Å²) in [6, 6.07) is 19.2. The van der Waals surface area contributed by atoms with Gasteiger partial charge in [0.15, 0.2) is 0 Å². The van der Waals surface area contributed by atoms with Crippen LogP contribution in [0.25, 0.3) is 11.1 Å². The van der Waals surface area contributed by atoms with Crippen LogP contribution in [0.4, 0.5) is 0 Å². The molecular weight excluding hydrogens is 232 g/mol. The Morgan fingerprint density at radius 2 is 1.58 bits per heavy atom. The standard InChI is InChI=1S/C18H20O/c1-15(6-5-13-19)14-16-9-11-18(12-10-16)17-7-3-2-4-8-17/h2-5,7-13,15,19H,6,14H2,1H3. The molecule has 0 radical (unpaired) electrons. The zero-order valence-electron chi connectivity index (χ0n) is 11.3. The molecule has 1 N–H and O–H groups in total. The molecule has 1 nitrogen and oxygen atoms in total. The summed E-state index contributed by atoms with van der Waals surface area (Å²) in [5.41, 5.74) is 3.86. The molecule has 0 bridgehead atoms. The van der Waals surface area contributed by atoms with Gasteiger partial charge < -0.3 is 5.11 Å². The lowest BCUT2D eigenvalue weighted by Crippen LogP contribution is -1.98. The topological polar surface area (TPSA) is 20.2 Å². The molecular formula is C18H20O. The Bertz CT molecular complexity index is 511. The maximum absolute atomic E-state index is 8.66. The molecule has 0 aliphatic carbocycles. The Morgan fingerprint density at radius 3 is 2.21 bits per heavy atom. The first-order valence-corrected chi connectivity index (χ1v) is 6.73. The maximum Gasteiger partial charge on any atom is 0.0751 e. The highest BCUT2D eigenvalue weighted by Gasteiger charge is 2.03. The van der Waals surface area contributed by atoms with Crippen molar-refractivity contribution in [3.05, 3.63) is 72.5 Å². The normalized spacial score (nSPS) is 12.7. The largest absolute Gasteiger partial charge is 0.516 e. The van der Waals surface area contributed by atoms with Gasteiger partial charge >= 0.3 is 0 Å². The van der Waals surface area contributed by atoms with Gasteiger partial charge in [-0.05, 0) is 41.5 Å². The minimum atomic E-state index is 0.547. The summed E-state index contributed by atoms with van der Waals surface area (Å²) in [5.74, 6) is 0.547. The highest BCUT2D eigenvalue weighted by Crippen LogP contribution is 2.20. The monoisotopic (exact) mass is 252 g/mol. The Morgan fingerprint density at radius 1 is 0.947 bits per heavy atom. The molecule has 0 aliphatic rings. The molecule has 0 amide bonds. The number of benzene rings is 2. The van der Waals surface area contributed by atoms with Crippen molar-refractivity contribution in [3.8, 4) is 11.1 Å². The predicted octanol–water partition coefficient (Wildman–Crippen LogP) is 4.99. The Kier molecular flexibility index (Phi) is 4.79. The lowest BCUT2D eigenvalue weighted by molar-refractivity contribution is 0.465. The van der Waals surface area contributed by atoms with Crippen molar-refractivity contribution in [2.45, 2.75) is 19.8 Å². The summed E-state index contributed by atoms with van der Waals surface area (Å²) in [7, 11) is 0. The van der Waals surface area contributed by atoms with E-state index >= 15 is 0 Å². The molecule has 98 valence electrons. The van der Waals surface area contributed by atoms with Gasteiger partial charge in [0, 0.05) is 0 Å². The van der Waals surface area contributed by atoms with Crippen molar-refractivity contribution in [3.63, 3.8) is 0 Å². The molecule has 2 aromatic rings. The summed E-state index contributed by atoms with van der Waals surface area (Å²) in [6.45, 7) is 2.20.